The van der Waals surface area contributed by atoms with E-state index in [1.807, 2.05) is 44.2 Å². The number of carbonyl (C=O) groups excluding carboxylic acids is 1. The Bertz CT molecular complexity index is 860. The van der Waals surface area contributed by atoms with E-state index in [4.69, 9.17) is 4.74 Å². The van der Waals surface area contributed by atoms with E-state index in [0.29, 0.717) is 0 Å². The van der Waals surface area contributed by atoms with Crippen molar-refractivity contribution in [3.8, 4) is 17.2 Å². The van der Waals surface area contributed by atoms with Crippen LogP contribution in [-0.4, -0.2) is 21.6 Å². The monoisotopic (exact) mass is 322 g/mol. The van der Waals surface area contributed by atoms with Gasteiger partial charge in [0.25, 0.3) is 0 Å². The maximum atomic E-state index is 12.2. The van der Waals surface area contributed by atoms with Gasteiger partial charge < -0.3 is 14.9 Å². The Kier molecular flexibility index (Phi) is 3.89. The summed E-state index contributed by atoms with van der Waals surface area (Å²) in [5, 5.41) is 19.0. The molecule has 3 rings (SSSR count). The molecule has 1 aliphatic heterocycles. The minimum absolute atomic E-state index is 0.0857. The van der Waals surface area contributed by atoms with E-state index in [2.05, 4.69) is 0 Å². The molecule has 0 bridgehead atoms. The number of ketones is 1. The fourth-order valence-electron chi connectivity index (χ4n) is 2.49. The third kappa shape index (κ3) is 3.33. The summed E-state index contributed by atoms with van der Waals surface area (Å²) in [5.41, 5.74) is 1.63. The summed E-state index contributed by atoms with van der Waals surface area (Å²) >= 11 is 0. The highest BCUT2D eigenvalue weighted by Crippen LogP contribution is 2.31. The number of hydrogen-bond acceptors (Lipinski definition) is 4. The minimum atomic E-state index is -0.335. The molecule has 4 heteroatoms. The quantitative estimate of drug-likeness (QED) is 0.657. The van der Waals surface area contributed by atoms with Gasteiger partial charge in [-0.2, -0.15) is 0 Å². The van der Waals surface area contributed by atoms with Crippen LogP contribution in [0.2, 0.25) is 0 Å². The summed E-state index contributed by atoms with van der Waals surface area (Å²) < 4.78 is 5.86. The van der Waals surface area contributed by atoms with Crippen molar-refractivity contribution in [1.29, 1.82) is 0 Å². The molecule has 1 aliphatic rings. The standard InChI is InChI=1S/C20H18O4/c1-20(2)10-9-14-11-13(4-8-19(14)24-20)3-7-17(22)16-6-5-15(21)12-18(16)23/h3-12,21,23H,1-2H3. The van der Waals surface area contributed by atoms with E-state index < -0.39 is 0 Å². The molecule has 0 saturated carbocycles. The Hall–Kier alpha value is -3.01. The van der Waals surface area contributed by atoms with Gasteiger partial charge in [0.2, 0.25) is 0 Å². The topological polar surface area (TPSA) is 66.8 Å². The molecule has 2 N–H and O–H groups in total. The van der Waals surface area contributed by atoms with Crippen LogP contribution in [0.25, 0.3) is 12.2 Å². The zero-order valence-corrected chi connectivity index (χ0v) is 13.5. The smallest absolute Gasteiger partial charge is 0.189 e. The SMILES string of the molecule is CC1(C)C=Cc2cc(C=CC(=O)c3ccc(O)cc3O)ccc2O1. The number of hydrogen-bond donors (Lipinski definition) is 2. The highest BCUT2D eigenvalue weighted by atomic mass is 16.5. The molecule has 2 aromatic carbocycles. The average molecular weight is 322 g/mol. The summed E-state index contributed by atoms with van der Waals surface area (Å²) in [6.07, 6.45) is 7.07. The summed E-state index contributed by atoms with van der Waals surface area (Å²) in [6.45, 7) is 3.98. The first-order valence-electron chi connectivity index (χ1n) is 7.61. The molecule has 0 unspecified atom stereocenters. The third-order valence-electron chi connectivity index (χ3n) is 3.75. The highest BCUT2D eigenvalue weighted by Gasteiger charge is 2.21. The molecule has 1 heterocycles. The second-order valence-corrected chi connectivity index (χ2v) is 6.24. The molecular formula is C20H18O4. The molecule has 0 radical (unpaired) electrons. The number of allylic oxidation sites excluding steroid dienone is 1. The number of carbonyl (C=O) groups is 1. The van der Waals surface area contributed by atoms with Crippen molar-refractivity contribution < 1.29 is 19.7 Å². The van der Waals surface area contributed by atoms with Crippen molar-refractivity contribution >= 4 is 17.9 Å². The van der Waals surface area contributed by atoms with Crippen molar-refractivity contribution in [3.63, 3.8) is 0 Å². The molecule has 4 nitrogen and oxygen atoms in total. The van der Waals surface area contributed by atoms with Gasteiger partial charge in [-0.1, -0.05) is 18.2 Å². The van der Waals surface area contributed by atoms with Crippen LogP contribution in [0.15, 0.2) is 48.6 Å². The Morgan fingerprint density at radius 2 is 1.92 bits per heavy atom. The van der Waals surface area contributed by atoms with Crippen LogP contribution in [0.1, 0.15) is 35.3 Å². The number of rotatable bonds is 3. The maximum Gasteiger partial charge on any atom is 0.189 e. The van der Waals surface area contributed by atoms with Gasteiger partial charge >= 0.3 is 0 Å². The number of phenols is 2. The molecule has 0 atom stereocenters. The lowest BCUT2D eigenvalue weighted by atomic mass is 10.0. The summed E-state index contributed by atoms with van der Waals surface area (Å²) in [7, 11) is 0. The lowest BCUT2D eigenvalue weighted by Gasteiger charge is -2.27. The molecule has 0 saturated heterocycles. The zero-order valence-electron chi connectivity index (χ0n) is 13.5. The van der Waals surface area contributed by atoms with Crippen molar-refractivity contribution in [1.82, 2.24) is 0 Å². The van der Waals surface area contributed by atoms with Crippen LogP contribution < -0.4 is 4.74 Å². The minimum Gasteiger partial charge on any atom is -0.508 e. The van der Waals surface area contributed by atoms with Crippen LogP contribution in [0.5, 0.6) is 17.2 Å². The summed E-state index contributed by atoms with van der Waals surface area (Å²) in [5.74, 6) is 0.145. The summed E-state index contributed by atoms with van der Waals surface area (Å²) in [4.78, 5) is 12.2. The van der Waals surface area contributed by atoms with Crippen molar-refractivity contribution in [3.05, 3.63) is 65.2 Å². The first kappa shape index (κ1) is 15.9. The highest BCUT2D eigenvalue weighted by molar-refractivity contribution is 6.08. The van der Waals surface area contributed by atoms with Gasteiger partial charge in [0.05, 0.1) is 5.56 Å². The van der Waals surface area contributed by atoms with E-state index in [1.165, 1.54) is 18.2 Å². The van der Waals surface area contributed by atoms with Gasteiger partial charge in [-0.05, 0) is 55.8 Å². The molecule has 0 aliphatic carbocycles. The molecule has 0 aromatic heterocycles. The first-order valence-corrected chi connectivity index (χ1v) is 7.61. The molecule has 2 aromatic rings. The number of benzene rings is 2. The normalized spacial score (nSPS) is 15.1. The van der Waals surface area contributed by atoms with Gasteiger partial charge in [-0.3, -0.25) is 4.79 Å². The second kappa shape index (κ2) is 5.89. The zero-order chi connectivity index (χ0) is 17.3. The lowest BCUT2D eigenvalue weighted by Crippen LogP contribution is -2.27. The van der Waals surface area contributed by atoms with Crippen LogP contribution in [0, 0.1) is 0 Å². The van der Waals surface area contributed by atoms with E-state index in [0.717, 1.165) is 22.9 Å². The third-order valence-corrected chi connectivity index (χ3v) is 3.75. The van der Waals surface area contributed by atoms with Crippen LogP contribution >= 0.6 is 0 Å². The van der Waals surface area contributed by atoms with Crippen molar-refractivity contribution in [2.45, 2.75) is 19.4 Å². The second-order valence-electron chi connectivity index (χ2n) is 6.24. The maximum absolute atomic E-state index is 12.2. The van der Waals surface area contributed by atoms with E-state index in [9.17, 15) is 15.0 Å². The van der Waals surface area contributed by atoms with Crippen LogP contribution in [0.4, 0.5) is 0 Å². The Labute approximate surface area is 140 Å². The predicted octanol–water partition coefficient (Wildman–Crippen LogP) is 4.18. The predicted molar refractivity (Wildman–Crippen MR) is 93.3 cm³/mol. The Balaban J connectivity index is 1.81. The van der Waals surface area contributed by atoms with Crippen LogP contribution in [0.3, 0.4) is 0 Å². The van der Waals surface area contributed by atoms with E-state index >= 15 is 0 Å². The first-order chi connectivity index (χ1) is 11.3. The number of fused-ring (bicyclic) bond motifs is 1. The lowest BCUT2D eigenvalue weighted by molar-refractivity contribution is 0.104. The average Bonchev–Trinajstić information content (AvgIpc) is 2.52. The van der Waals surface area contributed by atoms with E-state index in [-0.39, 0.29) is 28.4 Å². The fourth-order valence-corrected chi connectivity index (χ4v) is 2.49. The number of aromatic hydroxyl groups is 2. The molecule has 122 valence electrons. The molecule has 0 fully saturated rings. The van der Waals surface area contributed by atoms with Gasteiger partial charge in [0.15, 0.2) is 5.78 Å². The molecular weight excluding hydrogens is 304 g/mol. The Morgan fingerprint density at radius 1 is 1.12 bits per heavy atom. The van der Waals surface area contributed by atoms with E-state index in [1.54, 1.807) is 6.08 Å². The molecule has 0 spiro atoms. The van der Waals surface area contributed by atoms with Gasteiger partial charge in [0, 0.05) is 11.6 Å². The van der Waals surface area contributed by atoms with Gasteiger partial charge in [0.1, 0.15) is 22.8 Å². The largest absolute Gasteiger partial charge is 0.508 e. The number of phenolic OH excluding ortho intramolecular Hbond substituents is 2. The summed E-state index contributed by atoms with van der Waals surface area (Å²) in [6, 6.07) is 9.58. The fraction of sp³-hybridized carbons (Fsp3) is 0.150. The van der Waals surface area contributed by atoms with Crippen molar-refractivity contribution in [2.75, 3.05) is 0 Å². The molecule has 24 heavy (non-hydrogen) atoms. The van der Waals surface area contributed by atoms with Crippen molar-refractivity contribution in [2.24, 2.45) is 0 Å². The molecule has 0 amide bonds. The van der Waals surface area contributed by atoms with Crippen LogP contribution in [-0.2, 0) is 0 Å². The number of ether oxygens (including phenoxy) is 1. The van der Waals surface area contributed by atoms with Gasteiger partial charge in [-0.25, -0.2) is 0 Å². The van der Waals surface area contributed by atoms with Gasteiger partial charge in [-0.15, -0.1) is 0 Å². The Morgan fingerprint density at radius 3 is 2.67 bits per heavy atom.